The Morgan fingerprint density at radius 2 is 1.31 bits per heavy atom. The van der Waals surface area contributed by atoms with Crippen LogP contribution in [0.25, 0.3) is 0 Å². The number of carbonyl (C=O) groups is 2. The molecule has 8 nitrogen and oxygen atoms in total. The summed E-state index contributed by atoms with van der Waals surface area (Å²) in [6.45, 7) is 0.296. The number of rotatable bonds is 7. The van der Waals surface area contributed by atoms with Crippen LogP contribution in [0.3, 0.4) is 0 Å². The molecular formula is C27H24N4O4. The first-order valence-electron chi connectivity index (χ1n) is 11.4. The predicted octanol–water partition coefficient (Wildman–Crippen LogP) is 3.63. The average Bonchev–Trinajstić information content (AvgIpc) is 3.60. The molecule has 35 heavy (non-hydrogen) atoms. The lowest BCUT2D eigenvalue weighted by Gasteiger charge is -2.12. The Hall–Kier alpha value is -4.46. The van der Waals surface area contributed by atoms with Gasteiger partial charge in [-0.3, -0.25) is 9.59 Å². The molecule has 2 aliphatic rings. The number of anilines is 1. The molecule has 0 aromatic heterocycles. The number of amides is 2. The molecule has 3 aromatic carbocycles. The standard InChI is InChI=1S/C27H24N4O4/c32-26(24-15-22(30-34-24)19-9-3-1-4-10-19)28-17-18-8-7-13-21(14-18)29-27(33)25-16-23(31-35-25)20-11-5-2-6-12-20/h1-14,24-25H,15-17H2,(H,28,32)(H,29,33). The third-order valence-corrected chi connectivity index (χ3v) is 5.80. The molecule has 3 aromatic rings. The topological polar surface area (TPSA) is 101 Å². The van der Waals surface area contributed by atoms with Gasteiger partial charge in [0.15, 0.2) is 0 Å². The summed E-state index contributed by atoms with van der Waals surface area (Å²) < 4.78 is 0. The van der Waals surface area contributed by atoms with Crippen molar-refractivity contribution in [1.82, 2.24) is 5.32 Å². The highest BCUT2D eigenvalue weighted by Gasteiger charge is 2.30. The molecule has 8 heteroatoms. The molecule has 0 bridgehead atoms. The molecule has 2 N–H and O–H groups in total. The molecule has 0 fully saturated rings. The Morgan fingerprint density at radius 1 is 0.743 bits per heavy atom. The van der Waals surface area contributed by atoms with Gasteiger partial charge in [-0.2, -0.15) is 0 Å². The molecule has 2 amide bonds. The zero-order valence-electron chi connectivity index (χ0n) is 18.9. The van der Waals surface area contributed by atoms with Crippen molar-refractivity contribution in [1.29, 1.82) is 0 Å². The van der Waals surface area contributed by atoms with E-state index in [9.17, 15) is 9.59 Å². The van der Waals surface area contributed by atoms with Gasteiger partial charge in [0.2, 0.25) is 12.2 Å². The highest BCUT2D eigenvalue weighted by Crippen LogP contribution is 2.20. The van der Waals surface area contributed by atoms with E-state index < -0.39 is 12.2 Å². The summed E-state index contributed by atoms with van der Waals surface area (Å²) in [5.74, 6) is -0.509. The van der Waals surface area contributed by atoms with Crippen molar-refractivity contribution >= 4 is 28.9 Å². The number of hydrogen-bond acceptors (Lipinski definition) is 6. The maximum absolute atomic E-state index is 12.7. The number of nitrogens with zero attached hydrogens (tertiary/aromatic N) is 2. The van der Waals surface area contributed by atoms with Crippen molar-refractivity contribution in [2.45, 2.75) is 31.6 Å². The second kappa shape index (κ2) is 10.2. The summed E-state index contributed by atoms with van der Waals surface area (Å²) in [6.07, 6.45) is -0.529. The monoisotopic (exact) mass is 468 g/mol. The maximum atomic E-state index is 12.7. The number of carbonyl (C=O) groups excluding carboxylic acids is 2. The van der Waals surface area contributed by atoms with Gasteiger partial charge in [-0.25, -0.2) is 0 Å². The molecule has 2 unspecified atom stereocenters. The molecule has 0 saturated carbocycles. The van der Waals surface area contributed by atoms with Gasteiger partial charge in [0, 0.05) is 25.1 Å². The first-order chi connectivity index (χ1) is 17.2. The summed E-state index contributed by atoms with van der Waals surface area (Å²) in [4.78, 5) is 35.9. The van der Waals surface area contributed by atoms with Crippen LogP contribution in [0.5, 0.6) is 0 Å². The smallest absolute Gasteiger partial charge is 0.268 e. The van der Waals surface area contributed by atoms with E-state index in [1.807, 2.05) is 78.9 Å². The van der Waals surface area contributed by atoms with Crippen LogP contribution in [-0.4, -0.2) is 35.4 Å². The molecule has 2 aliphatic heterocycles. The lowest BCUT2D eigenvalue weighted by atomic mass is 10.0. The molecule has 2 atom stereocenters. The Balaban J connectivity index is 1.11. The quantitative estimate of drug-likeness (QED) is 0.553. The van der Waals surface area contributed by atoms with Crippen molar-refractivity contribution < 1.29 is 19.3 Å². The first-order valence-corrected chi connectivity index (χ1v) is 11.4. The molecule has 0 radical (unpaired) electrons. The largest absolute Gasteiger partial charge is 0.382 e. The van der Waals surface area contributed by atoms with E-state index >= 15 is 0 Å². The molecule has 0 aliphatic carbocycles. The SMILES string of the molecule is O=C(NCc1cccc(NC(=O)C2CC(c3ccccc3)=NO2)c1)C1CC(c2ccccc2)=NO1. The van der Waals surface area contributed by atoms with E-state index in [-0.39, 0.29) is 11.8 Å². The van der Waals surface area contributed by atoms with Crippen LogP contribution in [0.4, 0.5) is 5.69 Å². The summed E-state index contributed by atoms with van der Waals surface area (Å²) in [5, 5.41) is 13.9. The molecule has 2 heterocycles. The predicted molar refractivity (Wildman–Crippen MR) is 132 cm³/mol. The van der Waals surface area contributed by atoms with E-state index in [1.165, 1.54) is 0 Å². The lowest BCUT2D eigenvalue weighted by Crippen LogP contribution is -2.34. The van der Waals surface area contributed by atoms with Crippen LogP contribution in [0.1, 0.15) is 29.5 Å². The summed E-state index contributed by atoms with van der Waals surface area (Å²) in [5.41, 5.74) is 4.84. The third-order valence-electron chi connectivity index (χ3n) is 5.80. The van der Waals surface area contributed by atoms with Crippen LogP contribution < -0.4 is 10.6 Å². The van der Waals surface area contributed by atoms with Crippen LogP contribution in [0.2, 0.25) is 0 Å². The lowest BCUT2D eigenvalue weighted by molar-refractivity contribution is -0.131. The summed E-state index contributed by atoms with van der Waals surface area (Å²) in [6, 6.07) is 26.6. The van der Waals surface area contributed by atoms with E-state index in [2.05, 4.69) is 20.9 Å². The van der Waals surface area contributed by atoms with Crippen molar-refractivity contribution in [2.75, 3.05) is 5.32 Å². The minimum atomic E-state index is -0.688. The highest BCUT2D eigenvalue weighted by atomic mass is 16.7. The van der Waals surface area contributed by atoms with Crippen molar-refractivity contribution in [3.05, 3.63) is 102 Å². The second-order valence-electron chi connectivity index (χ2n) is 8.31. The Kier molecular flexibility index (Phi) is 6.52. The van der Waals surface area contributed by atoms with Crippen molar-refractivity contribution in [3.8, 4) is 0 Å². The summed E-state index contributed by atoms with van der Waals surface area (Å²) in [7, 11) is 0. The zero-order valence-corrected chi connectivity index (χ0v) is 18.9. The second-order valence-corrected chi connectivity index (χ2v) is 8.31. The fraction of sp³-hybridized carbons (Fsp3) is 0.185. The maximum Gasteiger partial charge on any atom is 0.268 e. The summed E-state index contributed by atoms with van der Waals surface area (Å²) >= 11 is 0. The van der Waals surface area contributed by atoms with Gasteiger partial charge in [0.25, 0.3) is 11.8 Å². The normalized spacial score (nSPS) is 18.6. The van der Waals surface area contributed by atoms with E-state index in [4.69, 9.17) is 9.68 Å². The fourth-order valence-electron chi connectivity index (χ4n) is 3.92. The number of hydrogen-bond donors (Lipinski definition) is 2. The van der Waals surface area contributed by atoms with Crippen LogP contribution in [0, 0.1) is 0 Å². The van der Waals surface area contributed by atoms with Crippen LogP contribution >= 0.6 is 0 Å². The number of benzene rings is 3. The zero-order chi connectivity index (χ0) is 24.0. The van der Waals surface area contributed by atoms with E-state index in [0.717, 1.165) is 28.1 Å². The van der Waals surface area contributed by atoms with Gasteiger partial charge in [0.1, 0.15) is 0 Å². The Bertz CT molecular complexity index is 1270. The van der Waals surface area contributed by atoms with Gasteiger partial charge in [-0.15, -0.1) is 0 Å². The molecular weight excluding hydrogens is 444 g/mol. The van der Waals surface area contributed by atoms with Crippen molar-refractivity contribution in [3.63, 3.8) is 0 Å². The fourth-order valence-corrected chi connectivity index (χ4v) is 3.92. The first kappa shape index (κ1) is 22.3. The van der Waals surface area contributed by atoms with Gasteiger partial charge in [-0.1, -0.05) is 83.1 Å². The number of nitrogens with one attached hydrogen (secondary N) is 2. The minimum Gasteiger partial charge on any atom is -0.382 e. The minimum absolute atomic E-state index is 0.237. The van der Waals surface area contributed by atoms with Crippen LogP contribution in [0.15, 0.2) is 95.2 Å². The molecule has 0 saturated heterocycles. The highest BCUT2D eigenvalue weighted by molar-refractivity contribution is 6.06. The average molecular weight is 469 g/mol. The molecule has 0 spiro atoms. The van der Waals surface area contributed by atoms with Gasteiger partial charge < -0.3 is 20.3 Å². The Morgan fingerprint density at radius 3 is 1.91 bits per heavy atom. The molecule has 176 valence electrons. The molecule has 5 rings (SSSR count). The third kappa shape index (κ3) is 5.38. The van der Waals surface area contributed by atoms with Gasteiger partial charge in [-0.05, 0) is 28.8 Å². The Labute approximate surface area is 202 Å². The van der Waals surface area contributed by atoms with E-state index in [0.29, 0.717) is 25.1 Å². The van der Waals surface area contributed by atoms with Gasteiger partial charge >= 0.3 is 0 Å². The van der Waals surface area contributed by atoms with E-state index in [1.54, 1.807) is 6.07 Å². The number of oxime groups is 2. The van der Waals surface area contributed by atoms with Gasteiger partial charge in [0.05, 0.1) is 11.4 Å². The van der Waals surface area contributed by atoms with Crippen molar-refractivity contribution in [2.24, 2.45) is 10.3 Å². The van der Waals surface area contributed by atoms with Crippen LogP contribution in [-0.2, 0) is 25.8 Å².